The van der Waals surface area contributed by atoms with Crippen LogP contribution in [0.25, 0.3) is 10.8 Å². The number of aliphatic carboxylic acids is 1. The number of carboxylic acid groups (broad SMARTS) is 1. The largest absolute Gasteiger partial charge is 0.480 e. The summed E-state index contributed by atoms with van der Waals surface area (Å²) in [5, 5.41) is 39.3. The van der Waals surface area contributed by atoms with Gasteiger partial charge in [-0.3, -0.25) is 48.1 Å². The first-order chi connectivity index (χ1) is 33.7. The molecule has 23 heteroatoms. The molecule has 0 bridgehead atoms. The van der Waals surface area contributed by atoms with E-state index in [1.165, 1.54) is 6.92 Å². The van der Waals surface area contributed by atoms with Crippen LogP contribution >= 0.6 is 0 Å². The third-order valence-corrected chi connectivity index (χ3v) is 11.2. The van der Waals surface area contributed by atoms with E-state index < -0.39 is 103 Å². The topological polar surface area (TPSA) is 372 Å². The molecule has 400 valence electrons. The molecule has 0 spiro atoms. The average molecular weight is 1010 g/mol. The maximum atomic E-state index is 14.2. The second kappa shape index (κ2) is 30.1. The van der Waals surface area contributed by atoms with Crippen LogP contribution in [0.15, 0.2) is 41.4 Å². The number of nitrogens with two attached hydrogens (primary N) is 3. The Kier molecular flexibility index (Phi) is 25.6. The predicted molar refractivity (Wildman–Crippen MR) is 273 cm³/mol. The van der Waals surface area contributed by atoms with Gasteiger partial charge in [0, 0.05) is 44.9 Å². The highest BCUT2D eigenvalue weighted by atomic mass is 16.4. The Labute approximate surface area is 421 Å². The van der Waals surface area contributed by atoms with Crippen LogP contribution in [-0.4, -0.2) is 145 Å². The summed E-state index contributed by atoms with van der Waals surface area (Å²) < 4.78 is 0. The van der Waals surface area contributed by atoms with Crippen molar-refractivity contribution in [2.75, 3.05) is 38.6 Å². The summed E-state index contributed by atoms with van der Waals surface area (Å²) in [6.07, 6.45) is -1.56. The first-order valence-corrected chi connectivity index (χ1v) is 24.2. The maximum absolute atomic E-state index is 14.2. The van der Waals surface area contributed by atoms with E-state index in [4.69, 9.17) is 22.3 Å². The fraction of sp³-hybridized carbons (Fsp3) is 0.592. The van der Waals surface area contributed by atoms with Gasteiger partial charge in [0.15, 0.2) is 11.7 Å². The number of aliphatic imine (C=N–C) groups is 1. The van der Waals surface area contributed by atoms with Crippen LogP contribution in [0.2, 0.25) is 0 Å². The van der Waals surface area contributed by atoms with E-state index in [1.54, 1.807) is 39.8 Å². The number of fused-ring (bicyclic) bond motifs is 1. The molecule has 23 nitrogen and oxygen atoms in total. The van der Waals surface area contributed by atoms with Crippen LogP contribution in [0.3, 0.4) is 0 Å². The SMILES string of the molecule is CC(C)C[C@H](NC(=O)[C@H](CCCN=C(N)N)NC(=O)[C@H](CC(N)=O)NCCC(=O)c1ccc2cc(N(C)C)ccc2c1)C(=O)N[C@@H](CC(C)C)C(=O)N[C@@H](CC(C)C)C(=O)N[C@H](C(=O)NCC(=O)O)[C@@H](C)O. The van der Waals surface area contributed by atoms with Gasteiger partial charge in [-0.1, -0.05) is 59.7 Å². The molecule has 0 aliphatic carbocycles. The van der Waals surface area contributed by atoms with Crippen LogP contribution in [0.1, 0.15) is 104 Å². The number of primary amides is 1. The summed E-state index contributed by atoms with van der Waals surface area (Å²) in [5.41, 5.74) is 18.0. The minimum Gasteiger partial charge on any atom is -0.480 e. The van der Waals surface area contributed by atoms with Crippen molar-refractivity contribution in [2.24, 2.45) is 39.9 Å². The average Bonchev–Trinajstić information content (AvgIpc) is 3.28. The first kappa shape index (κ1) is 61.2. The van der Waals surface area contributed by atoms with Gasteiger partial charge in [-0.15, -0.1) is 0 Å². The standard InChI is InChI=1S/C49H78N12O11/c1-26(2)19-36(45(69)58-37(20-27(3)4)46(70)59-38(21-28(5)6)47(71)60-42(29(7)62)48(72)55-25-41(65)66)57-43(67)34(11-10-17-54-49(51)52)56-44(68)35(24-40(50)64)53-18-16-39(63)32-13-12-31-23-33(61(8)9)15-14-30(31)22-32/h12-15,22-23,26-29,34-38,42,53,62H,10-11,16-21,24-25H2,1-9H3,(H2,50,64)(H,55,72)(H,56,68)(H,57,67)(H,58,69)(H,59,70)(H,60,71)(H,65,66)(H4,51,52,54)/t29-,34+,35+,36+,37+,38+,42+/m1/s1. The summed E-state index contributed by atoms with van der Waals surface area (Å²) in [7, 11) is 3.86. The van der Waals surface area contributed by atoms with Crippen molar-refractivity contribution in [1.29, 1.82) is 0 Å². The summed E-state index contributed by atoms with van der Waals surface area (Å²) in [6.45, 7) is 11.3. The fourth-order valence-corrected chi connectivity index (χ4v) is 7.55. The zero-order valence-corrected chi connectivity index (χ0v) is 43.0. The van der Waals surface area contributed by atoms with E-state index in [9.17, 15) is 48.3 Å². The number of benzene rings is 2. The smallest absolute Gasteiger partial charge is 0.322 e. The maximum Gasteiger partial charge on any atom is 0.322 e. The van der Waals surface area contributed by atoms with Crippen molar-refractivity contribution >= 4 is 75.5 Å². The zero-order chi connectivity index (χ0) is 54.4. The monoisotopic (exact) mass is 1010 g/mol. The van der Waals surface area contributed by atoms with Crippen molar-refractivity contribution in [3.63, 3.8) is 0 Å². The van der Waals surface area contributed by atoms with Crippen LogP contribution in [0.5, 0.6) is 0 Å². The summed E-state index contributed by atoms with van der Waals surface area (Å²) >= 11 is 0. The molecular formula is C49H78N12O11. The molecule has 0 aliphatic heterocycles. The predicted octanol–water partition coefficient (Wildman–Crippen LogP) is -0.490. The summed E-state index contributed by atoms with van der Waals surface area (Å²) in [4.78, 5) is 125. The number of carboxylic acids is 1. The number of nitrogens with zero attached hydrogens (tertiary/aromatic N) is 2. The van der Waals surface area contributed by atoms with Crippen LogP contribution in [0, 0.1) is 17.8 Å². The number of guanidine groups is 1. The third kappa shape index (κ3) is 22.0. The Hall–Kier alpha value is -6.88. The molecule has 0 aromatic heterocycles. The molecular weight excluding hydrogens is 933 g/mol. The van der Waals surface area contributed by atoms with Gasteiger partial charge in [0.05, 0.1) is 18.6 Å². The van der Waals surface area contributed by atoms with Gasteiger partial charge in [0.25, 0.3) is 0 Å². The number of carbonyl (C=O) groups excluding carboxylic acids is 8. The molecule has 2 aromatic carbocycles. The third-order valence-electron chi connectivity index (χ3n) is 11.2. The highest BCUT2D eigenvalue weighted by molar-refractivity contribution is 6.01. The second-order valence-corrected chi connectivity index (χ2v) is 19.4. The number of ketones is 1. The molecule has 2 aromatic rings. The molecule has 0 unspecified atom stereocenters. The Morgan fingerprint density at radius 3 is 1.57 bits per heavy atom. The zero-order valence-electron chi connectivity index (χ0n) is 43.0. The number of carbonyl (C=O) groups is 9. The van der Waals surface area contributed by atoms with Crippen molar-refractivity contribution in [3.05, 3.63) is 42.0 Å². The number of aliphatic hydroxyl groups is 1. The minimum absolute atomic E-state index is 0.0259. The Bertz CT molecular complexity index is 2230. The van der Waals surface area contributed by atoms with Crippen LogP contribution in [-0.2, 0) is 38.4 Å². The lowest BCUT2D eigenvalue weighted by Crippen LogP contribution is -2.61. The van der Waals surface area contributed by atoms with Gasteiger partial charge < -0.3 is 69.5 Å². The Morgan fingerprint density at radius 2 is 1.10 bits per heavy atom. The number of rotatable bonds is 32. The van der Waals surface area contributed by atoms with E-state index in [2.05, 4.69) is 42.2 Å². The van der Waals surface area contributed by atoms with E-state index in [0.717, 1.165) is 16.5 Å². The number of hydrogen-bond donors (Lipinski definition) is 12. The summed E-state index contributed by atoms with van der Waals surface area (Å²) in [6, 6.07) is 3.34. The number of amides is 7. The molecule has 2 rings (SSSR count). The van der Waals surface area contributed by atoms with Crippen molar-refractivity contribution in [1.82, 2.24) is 37.2 Å². The second-order valence-electron chi connectivity index (χ2n) is 19.4. The summed E-state index contributed by atoms with van der Waals surface area (Å²) in [5.74, 6) is -8.00. The lowest BCUT2D eigenvalue weighted by Gasteiger charge is -2.29. The Balaban J connectivity index is 2.34. The molecule has 15 N–H and O–H groups in total. The molecule has 0 heterocycles. The van der Waals surface area contributed by atoms with E-state index in [-0.39, 0.29) is 81.1 Å². The molecule has 0 saturated carbocycles. The number of Topliss-reactive ketones (excluding diaryl/α,β-unsaturated/α-hetero) is 1. The number of anilines is 1. The van der Waals surface area contributed by atoms with Crippen LogP contribution < -0.4 is 59.3 Å². The van der Waals surface area contributed by atoms with Gasteiger partial charge in [0.1, 0.15) is 36.8 Å². The van der Waals surface area contributed by atoms with Gasteiger partial charge in [-0.05, 0) is 85.8 Å². The van der Waals surface area contributed by atoms with Crippen molar-refractivity contribution in [3.8, 4) is 0 Å². The lowest BCUT2D eigenvalue weighted by atomic mass is 9.98. The van der Waals surface area contributed by atoms with Crippen LogP contribution in [0.4, 0.5) is 5.69 Å². The first-order valence-electron chi connectivity index (χ1n) is 24.2. The number of nitrogens with one attached hydrogen (secondary N) is 7. The normalized spacial score (nSPS) is 14.2. The Morgan fingerprint density at radius 1 is 0.625 bits per heavy atom. The van der Waals surface area contributed by atoms with Gasteiger partial charge in [-0.2, -0.15) is 0 Å². The van der Waals surface area contributed by atoms with E-state index in [0.29, 0.717) is 5.56 Å². The van der Waals surface area contributed by atoms with Gasteiger partial charge in [0.2, 0.25) is 41.4 Å². The molecule has 0 saturated heterocycles. The van der Waals surface area contributed by atoms with Crippen molar-refractivity contribution < 1.29 is 53.4 Å². The van der Waals surface area contributed by atoms with Gasteiger partial charge >= 0.3 is 5.97 Å². The van der Waals surface area contributed by atoms with Crippen molar-refractivity contribution in [2.45, 2.75) is 136 Å². The molecule has 7 amide bonds. The number of aliphatic hydroxyl groups excluding tert-OH is 1. The van der Waals surface area contributed by atoms with Gasteiger partial charge in [-0.25, -0.2) is 0 Å². The molecule has 7 atom stereocenters. The molecule has 0 aliphatic rings. The molecule has 0 fully saturated rings. The quantitative estimate of drug-likeness (QED) is 0.0190. The number of hydrogen-bond acceptors (Lipinski definition) is 13. The fourth-order valence-electron chi connectivity index (χ4n) is 7.55. The highest BCUT2D eigenvalue weighted by Crippen LogP contribution is 2.23. The lowest BCUT2D eigenvalue weighted by molar-refractivity contribution is -0.139. The minimum atomic E-state index is -1.56. The molecule has 0 radical (unpaired) electrons. The van der Waals surface area contributed by atoms with E-state index in [1.807, 2.05) is 57.1 Å². The van der Waals surface area contributed by atoms with E-state index >= 15 is 0 Å². The molecule has 72 heavy (non-hydrogen) atoms. The highest BCUT2D eigenvalue weighted by Gasteiger charge is 2.35.